The summed E-state index contributed by atoms with van der Waals surface area (Å²) in [7, 11) is 1.31. The van der Waals surface area contributed by atoms with Crippen LogP contribution in [0.3, 0.4) is 0 Å². The number of rotatable bonds is 8. The van der Waals surface area contributed by atoms with E-state index in [9.17, 15) is 19.7 Å². The van der Waals surface area contributed by atoms with Crippen molar-refractivity contribution in [3.63, 3.8) is 0 Å². The van der Waals surface area contributed by atoms with Gasteiger partial charge in [0.05, 0.1) is 18.6 Å². The van der Waals surface area contributed by atoms with Crippen LogP contribution in [-0.2, 0) is 9.53 Å². The fourth-order valence-electron chi connectivity index (χ4n) is 2.19. The van der Waals surface area contributed by atoms with Gasteiger partial charge in [0, 0.05) is 23.4 Å². The Morgan fingerprint density at radius 3 is 2.63 bits per heavy atom. The fraction of sp³-hybridized carbons (Fsp3) is 0.222. The number of methoxy groups -OCH3 is 1. The second kappa shape index (κ2) is 9.18. The van der Waals surface area contributed by atoms with E-state index >= 15 is 0 Å². The van der Waals surface area contributed by atoms with E-state index in [2.05, 4.69) is 5.32 Å². The number of carbonyl (C=O) groups excluding carboxylic acids is 2. The van der Waals surface area contributed by atoms with Crippen LogP contribution in [0.5, 0.6) is 11.5 Å². The third-order valence-electron chi connectivity index (χ3n) is 3.39. The van der Waals surface area contributed by atoms with Crippen LogP contribution in [0.25, 0.3) is 0 Å². The minimum atomic E-state index is -0.626. The number of hydrogen-bond donors (Lipinski definition) is 1. The van der Waals surface area contributed by atoms with Gasteiger partial charge in [0.15, 0.2) is 12.4 Å². The first-order valence-electron chi connectivity index (χ1n) is 7.97. The lowest BCUT2D eigenvalue weighted by atomic mass is 10.1. The largest absolute Gasteiger partial charge is 0.490 e. The zero-order valence-corrected chi connectivity index (χ0v) is 14.8. The average molecular weight is 374 g/mol. The minimum absolute atomic E-state index is 0.0610. The molecule has 0 saturated carbocycles. The van der Waals surface area contributed by atoms with Crippen molar-refractivity contribution < 1.29 is 28.7 Å². The molecule has 0 spiro atoms. The zero-order valence-electron chi connectivity index (χ0n) is 14.8. The quantitative estimate of drug-likeness (QED) is 0.429. The second-order valence-corrected chi connectivity index (χ2v) is 5.22. The Bertz CT molecular complexity index is 851. The maximum absolute atomic E-state index is 12.4. The Morgan fingerprint density at radius 2 is 1.96 bits per heavy atom. The smallest absolute Gasteiger partial charge is 0.344 e. The van der Waals surface area contributed by atoms with Gasteiger partial charge in [-0.2, -0.15) is 0 Å². The molecule has 0 aromatic heterocycles. The first-order chi connectivity index (χ1) is 12.9. The van der Waals surface area contributed by atoms with Crippen molar-refractivity contribution in [2.75, 3.05) is 25.6 Å². The third-order valence-corrected chi connectivity index (χ3v) is 3.39. The maximum Gasteiger partial charge on any atom is 0.344 e. The summed E-state index contributed by atoms with van der Waals surface area (Å²) in [5, 5.41) is 13.7. The Hall–Kier alpha value is -3.62. The van der Waals surface area contributed by atoms with E-state index in [0.717, 1.165) is 6.07 Å². The molecule has 0 atom stereocenters. The summed E-state index contributed by atoms with van der Waals surface area (Å²) in [6.07, 6.45) is 0. The van der Waals surface area contributed by atoms with Crippen LogP contribution >= 0.6 is 0 Å². The van der Waals surface area contributed by atoms with E-state index in [1.165, 1.54) is 25.3 Å². The summed E-state index contributed by atoms with van der Waals surface area (Å²) in [4.78, 5) is 34.1. The van der Waals surface area contributed by atoms with E-state index in [-0.39, 0.29) is 30.2 Å². The highest BCUT2D eigenvalue weighted by atomic mass is 16.6. The number of amides is 1. The van der Waals surface area contributed by atoms with E-state index in [4.69, 9.17) is 14.2 Å². The molecule has 2 aromatic rings. The van der Waals surface area contributed by atoms with Crippen LogP contribution in [0.1, 0.15) is 17.3 Å². The molecule has 0 heterocycles. The number of nitro benzene ring substituents is 1. The van der Waals surface area contributed by atoms with Crippen molar-refractivity contribution in [2.24, 2.45) is 0 Å². The normalized spacial score (nSPS) is 10.0. The highest BCUT2D eigenvalue weighted by Crippen LogP contribution is 2.28. The summed E-state index contributed by atoms with van der Waals surface area (Å²) in [5.41, 5.74) is 0.192. The van der Waals surface area contributed by atoms with E-state index in [1.807, 2.05) is 0 Å². The molecular weight excluding hydrogens is 356 g/mol. The van der Waals surface area contributed by atoms with Crippen LogP contribution in [0, 0.1) is 10.1 Å². The molecule has 0 aliphatic heterocycles. The van der Waals surface area contributed by atoms with E-state index in [1.54, 1.807) is 25.1 Å². The zero-order chi connectivity index (χ0) is 19.8. The number of nitrogens with one attached hydrogen (secondary N) is 1. The molecular formula is C18H18N2O7. The van der Waals surface area contributed by atoms with Gasteiger partial charge in [-0.1, -0.05) is 6.07 Å². The number of esters is 1. The van der Waals surface area contributed by atoms with E-state index < -0.39 is 16.8 Å². The predicted octanol–water partition coefficient (Wildman–Crippen LogP) is 2.80. The molecule has 2 rings (SSSR count). The van der Waals surface area contributed by atoms with Crippen molar-refractivity contribution in [1.82, 2.24) is 0 Å². The van der Waals surface area contributed by atoms with Gasteiger partial charge in [-0.05, 0) is 31.2 Å². The summed E-state index contributed by atoms with van der Waals surface area (Å²) < 4.78 is 15.0. The van der Waals surface area contributed by atoms with Crippen molar-refractivity contribution >= 4 is 23.3 Å². The molecule has 1 amide bonds. The molecule has 2 aromatic carbocycles. The molecule has 0 aliphatic carbocycles. The minimum Gasteiger partial charge on any atom is -0.490 e. The number of ether oxygens (including phenoxy) is 3. The Morgan fingerprint density at radius 1 is 1.19 bits per heavy atom. The standard InChI is InChI=1S/C18H18N2O7/c1-3-26-17(21)11-27-14-6-4-5-13(10-14)19-18(22)12-7-8-16(25-2)15(9-12)20(23)24/h4-10H,3,11H2,1-2H3,(H,19,22). The van der Waals surface area contributed by atoms with Crippen molar-refractivity contribution in [2.45, 2.75) is 6.92 Å². The lowest BCUT2D eigenvalue weighted by molar-refractivity contribution is -0.385. The predicted molar refractivity (Wildman–Crippen MR) is 96.2 cm³/mol. The molecule has 0 saturated heterocycles. The summed E-state index contributed by atoms with van der Waals surface area (Å²) in [5.74, 6) is -0.617. The van der Waals surface area contributed by atoms with Gasteiger partial charge in [0.25, 0.3) is 5.91 Å². The number of anilines is 1. The van der Waals surface area contributed by atoms with Crippen LogP contribution in [0.15, 0.2) is 42.5 Å². The van der Waals surface area contributed by atoms with Crippen molar-refractivity contribution in [3.8, 4) is 11.5 Å². The summed E-state index contributed by atoms with van der Waals surface area (Å²) >= 11 is 0. The van der Waals surface area contributed by atoms with Crippen LogP contribution < -0.4 is 14.8 Å². The number of benzene rings is 2. The van der Waals surface area contributed by atoms with Crippen LogP contribution in [-0.4, -0.2) is 37.1 Å². The van der Waals surface area contributed by atoms with Gasteiger partial charge in [0.1, 0.15) is 5.75 Å². The van der Waals surface area contributed by atoms with Gasteiger partial charge in [-0.25, -0.2) is 4.79 Å². The Labute approximate surface area is 155 Å². The molecule has 0 radical (unpaired) electrons. The topological polar surface area (TPSA) is 117 Å². The lowest BCUT2D eigenvalue weighted by Crippen LogP contribution is -2.15. The fourth-order valence-corrected chi connectivity index (χ4v) is 2.19. The van der Waals surface area contributed by atoms with Gasteiger partial charge in [-0.15, -0.1) is 0 Å². The second-order valence-electron chi connectivity index (χ2n) is 5.22. The van der Waals surface area contributed by atoms with Gasteiger partial charge in [0.2, 0.25) is 0 Å². The van der Waals surface area contributed by atoms with Gasteiger partial charge < -0.3 is 19.5 Å². The van der Waals surface area contributed by atoms with E-state index in [0.29, 0.717) is 11.4 Å². The molecule has 9 heteroatoms. The first-order valence-corrected chi connectivity index (χ1v) is 7.97. The van der Waals surface area contributed by atoms with Crippen LogP contribution in [0.2, 0.25) is 0 Å². The molecule has 142 valence electrons. The summed E-state index contributed by atoms with van der Waals surface area (Å²) in [6.45, 7) is 1.69. The summed E-state index contributed by atoms with van der Waals surface area (Å²) in [6, 6.07) is 10.3. The Balaban J connectivity index is 2.09. The molecule has 0 fully saturated rings. The SMILES string of the molecule is CCOC(=O)COc1cccc(NC(=O)c2ccc(OC)c([N+](=O)[O-])c2)c1. The third kappa shape index (κ3) is 5.43. The Kier molecular flexibility index (Phi) is 6.70. The molecule has 9 nitrogen and oxygen atoms in total. The maximum atomic E-state index is 12.4. The number of nitrogens with zero attached hydrogens (tertiary/aromatic N) is 1. The van der Waals surface area contributed by atoms with Crippen molar-refractivity contribution in [1.29, 1.82) is 0 Å². The number of carbonyl (C=O) groups is 2. The van der Waals surface area contributed by atoms with Crippen molar-refractivity contribution in [3.05, 3.63) is 58.1 Å². The number of nitro groups is 1. The average Bonchev–Trinajstić information content (AvgIpc) is 2.66. The lowest BCUT2D eigenvalue weighted by Gasteiger charge is -2.09. The monoisotopic (exact) mass is 374 g/mol. The van der Waals surface area contributed by atoms with Gasteiger partial charge >= 0.3 is 11.7 Å². The molecule has 0 bridgehead atoms. The first kappa shape index (κ1) is 19.7. The molecule has 0 unspecified atom stereocenters. The van der Waals surface area contributed by atoms with Crippen LogP contribution in [0.4, 0.5) is 11.4 Å². The molecule has 1 N–H and O–H groups in total. The number of hydrogen-bond acceptors (Lipinski definition) is 7. The highest BCUT2D eigenvalue weighted by molar-refractivity contribution is 6.04. The molecule has 0 aliphatic rings. The van der Waals surface area contributed by atoms with Gasteiger partial charge in [-0.3, -0.25) is 14.9 Å². The highest BCUT2D eigenvalue weighted by Gasteiger charge is 2.18. The molecule has 27 heavy (non-hydrogen) atoms.